The van der Waals surface area contributed by atoms with Gasteiger partial charge in [0.25, 0.3) is 5.91 Å². The lowest BCUT2D eigenvalue weighted by molar-refractivity contribution is 0.0693. The number of carbonyl (C=O) groups excluding carboxylic acids is 1. The molecular formula is C25H24N6O6S. The fourth-order valence-corrected chi connectivity index (χ4v) is 4.87. The number of nitrogens with one attached hydrogen (secondary N) is 2. The number of benzene rings is 2. The zero-order valence-corrected chi connectivity index (χ0v) is 21.3. The average Bonchev–Trinajstić information content (AvgIpc) is 3.58. The van der Waals surface area contributed by atoms with Gasteiger partial charge in [-0.15, -0.1) is 11.3 Å². The Morgan fingerprint density at radius 3 is 2.66 bits per heavy atom. The first-order valence-electron chi connectivity index (χ1n) is 11.6. The van der Waals surface area contributed by atoms with Crippen LogP contribution < -0.4 is 25.0 Å². The van der Waals surface area contributed by atoms with Crippen molar-refractivity contribution in [2.75, 3.05) is 37.5 Å². The summed E-state index contributed by atoms with van der Waals surface area (Å²) < 4.78 is 10.7. The van der Waals surface area contributed by atoms with Gasteiger partial charge < -0.3 is 35.2 Å². The number of rotatable bonds is 8. The van der Waals surface area contributed by atoms with E-state index >= 15 is 0 Å². The summed E-state index contributed by atoms with van der Waals surface area (Å²) >= 11 is 1.40. The molecule has 1 fully saturated rings. The summed E-state index contributed by atoms with van der Waals surface area (Å²) in [6, 6.07) is 9.00. The predicted octanol–water partition coefficient (Wildman–Crippen LogP) is 3.26. The number of thiazole rings is 1. The van der Waals surface area contributed by atoms with E-state index in [0.29, 0.717) is 48.3 Å². The molecule has 38 heavy (non-hydrogen) atoms. The van der Waals surface area contributed by atoms with E-state index in [1.165, 1.54) is 23.5 Å². The van der Waals surface area contributed by atoms with E-state index in [0.717, 1.165) is 16.6 Å². The molecule has 12 nitrogen and oxygen atoms in total. The number of anilines is 3. The van der Waals surface area contributed by atoms with Crippen LogP contribution in [0.15, 0.2) is 41.9 Å². The number of carboxylic acid groups (broad SMARTS) is 1. The third kappa shape index (κ3) is 4.95. The number of fused-ring (bicyclic) bond motifs is 1. The van der Waals surface area contributed by atoms with Crippen LogP contribution in [0.2, 0.25) is 0 Å². The largest absolute Gasteiger partial charge is 0.507 e. The summed E-state index contributed by atoms with van der Waals surface area (Å²) in [5.41, 5.74) is 3.00. The summed E-state index contributed by atoms with van der Waals surface area (Å²) in [6.45, 7) is 1.10. The molecule has 2 aromatic carbocycles. The number of phenols is 1. The van der Waals surface area contributed by atoms with Crippen LogP contribution in [0.5, 0.6) is 17.2 Å². The third-order valence-corrected chi connectivity index (χ3v) is 6.85. The molecular weight excluding hydrogens is 512 g/mol. The van der Waals surface area contributed by atoms with E-state index in [1.807, 2.05) is 11.0 Å². The number of ether oxygens (including phenoxy) is 2. The van der Waals surface area contributed by atoms with E-state index in [4.69, 9.17) is 19.6 Å². The van der Waals surface area contributed by atoms with Crippen molar-refractivity contribution in [3.8, 4) is 17.2 Å². The number of hydrogen-bond donors (Lipinski definition) is 4. The monoisotopic (exact) mass is 536 g/mol. The molecule has 1 unspecified atom stereocenters. The van der Waals surface area contributed by atoms with Gasteiger partial charge in [-0.1, -0.05) is 0 Å². The van der Waals surface area contributed by atoms with Crippen molar-refractivity contribution in [1.29, 1.82) is 0 Å². The van der Waals surface area contributed by atoms with E-state index < -0.39 is 17.6 Å². The van der Waals surface area contributed by atoms with Crippen LogP contribution in [0, 0.1) is 0 Å². The maximum absolute atomic E-state index is 12.7. The van der Waals surface area contributed by atoms with Crippen LogP contribution >= 0.6 is 11.3 Å². The van der Waals surface area contributed by atoms with Crippen molar-refractivity contribution in [3.05, 3.63) is 53.0 Å². The summed E-state index contributed by atoms with van der Waals surface area (Å²) in [4.78, 5) is 40.3. The van der Waals surface area contributed by atoms with Crippen LogP contribution in [-0.4, -0.2) is 70.4 Å². The Balaban J connectivity index is 1.32. The zero-order chi connectivity index (χ0) is 26.8. The Morgan fingerprint density at radius 1 is 1.11 bits per heavy atom. The highest BCUT2D eigenvalue weighted by atomic mass is 32.1. The van der Waals surface area contributed by atoms with Crippen LogP contribution in [-0.2, 0) is 0 Å². The fraction of sp³-hybridized carbons (Fsp3) is 0.240. The molecule has 1 atom stereocenters. The predicted molar refractivity (Wildman–Crippen MR) is 141 cm³/mol. The number of aromatic carboxylic acids is 1. The van der Waals surface area contributed by atoms with Gasteiger partial charge in [0.1, 0.15) is 16.8 Å². The molecule has 196 valence electrons. The summed E-state index contributed by atoms with van der Waals surface area (Å²) in [6.07, 6.45) is 0.660. The molecule has 3 heterocycles. The highest BCUT2D eigenvalue weighted by molar-refractivity contribution is 7.16. The molecule has 1 amide bonds. The zero-order valence-electron chi connectivity index (χ0n) is 20.5. The summed E-state index contributed by atoms with van der Waals surface area (Å²) in [7, 11) is 3.14. The Labute approximate surface area is 220 Å². The van der Waals surface area contributed by atoms with Gasteiger partial charge in [-0.25, -0.2) is 9.78 Å². The molecule has 4 N–H and O–H groups in total. The van der Waals surface area contributed by atoms with E-state index in [-0.39, 0.29) is 17.2 Å². The van der Waals surface area contributed by atoms with Gasteiger partial charge in [-0.3, -0.25) is 4.79 Å². The lowest BCUT2D eigenvalue weighted by Crippen LogP contribution is -2.37. The highest BCUT2D eigenvalue weighted by Gasteiger charge is 2.27. The summed E-state index contributed by atoms with van der Waals surface area (Å²) in [5, 5.41) is 25.2. The van der Waals surface area contributed by atoms with Gasteiger partial charge in [-0.05, 0) is 36.8 Å². The SMILES string of the molecule is COc1ccc(Nc2nc(N3CCC(NC(=O)c4ccc(C(=O)O)c(O)c4)C3)nc3scnc23)cc1OC. The van der Waals surface area contributed by atoms with Gasteiger partial charge in [-0.2, -0.15) is 9.97 Å². The quantitative estimate of drug-likeness (QED) is 0.262. The lowest BCUT2D eigenvalue weighted by atomic mass is 10.1. The number of methoxy groups -OCH3 is 2. The van der Waals surface area contributed by atoms with Crippen LogP contribution in [0.1, 0.15) is 27.1 Å². The number of nitrogens with zero attached hydrogens (tertiary/aromatic N) is 4. The Hall–Kier alpha value is -4.65. The lowest BCUT2D eigenvalue weighted by Gasteiger charge is -2.18. The third-order valence-electron chi connectivity index (χ3n) is 6.13. The van der Waals surface area contributed by atoms with Gasteiger partial charge in [0.05, 0.1) is 19.7 Å². The number of carbonyl (C=O) groups is 2. The molecule has 5 rings (SSSR count). The molecule has 4 aromatic rings. The van der Waals surface area contributed by atoms with Crippen molar-refractivity contribution in [2.45, 2.75) is 12.5 Å². The first-order valence-corrected chi connectivity index (χ1v) is 12.5. The van der Waals surface area contributed by atoms with Crippen molar-refractivity contribution < 1.29 is 29.3 Å². The number of aromatic hydroxyl groups is 1. The maximum atomic E-state index is 12.7. The maximum Gasteiger partial charge on any atom is 0.339 e. The van der Waals surface area contributed by atoms with Gasteiger partial charge in [0.15, 0.2) is 22.1 Å². The number of amides is 1. The first kappa shape index (κ1) is 25.0. The Bertz CT molecular complexity index is 1530. The topological polar surface area (TPSA) is 159 Å². The summed E-state index contributed by atoms with van der Waals surface area (Å²) in [5.74, 6) is 0.102. The van der Waals surface area contributed by atoms with E-state index in [2.05, 4.69) is 20.6 Å². The van der Waals surface area contributed by atoms with Crippen LogP contribution in [0.3, 0.4) is 0 Å². The van der Waals surface area contributed by atoms with Crippen molar-refractivity contribution in [2.24, 2.45) is 0 Å². The van der Waals surface area contributed by atoms with Crippen molar-refractivity contribution in [1.82, 2.24) is 20.3 Å². The molecule has 0 spiro atoms. The molecule has 1 saturated heterocycles. The van der Waals surface area contributed by atoms with Gasteiger partial charge >= 0.3 is 5.97 Å². The van der Waals surface area contributed by atoms with Gasteiger partial charge in [0.2, 0.25) is 5.95 Å². The Morgan fingerprint density at radius 2 is 1.92 bits per heavy atom. The van der Waals surface area contributed by atoms with Crippen LogP contribution in [0.25, 0.3) is 10.3 Å². The number of hydrogen-bond acceptors (Lipinski definition) is 11. The molecule has 0 bridgehead atoms. The van der Waals surface area contributed by atoms with Crippen LogP contribution in [0.4, 0.5) is 17.5 Å². The highest BCUT2D eigenvalue weighted by Crippen LogP contribution is 2.33. The normalized spacial score (nSPS) is 14.9. The molecule has 1 aliphatic heterocycles. The minimum absolute atomic E-state index is 0.176. The Kier molecular flexibility index (Phi) is 6.83. The van der Waals surface area contributed by atoms with Crippen molar-refractivity contribution >= 4 is 51.0 Å². The molecule has 1 aliphatic rings. The van der Waals surface area contributed by atoms with Gasteiger partial charge in [0, 0.05) is 36.4 Å². The second-order valence-electron chi connectivity index (χ2n) is 8.52. The number of carboxylic acids is 1. The minimum atomic E-state index is -1.27. The molecule has 0 saturated carbocycles. The van der Waals surface area contributed by atoms with E-state index in [9.17, 15) is 14.7 Å². The van der Waals surface area contributed by atoms with E-state index in [1.54, 1.807) is 31.9 Å². The molecule has 0 radical (unpaired) electrons. The molecule has 0 aliphatic carbocycles. The standard InChI is InChI=1S/C25H24N6O6S/c1-36-18-6-4-14(10-19(18)37-2)27-21-20-23(38-12-26-20)30-25(29-21)31-8-7-15(11-31)28-22(33)13-3-5-16(24(34)35)17(32)9-13/h3-6,9-10,12,15,32H,7-8,11H2,1-2H3,(H,28,33)(H,34,35)(H,27,29,30). The van der Waals surface area contributed by atoms with Crippen molar-refractivity contribution in [3.63, 3.8) is 0 Å². The fourth-order valence-electron chi connectivity index (χ4n) is 4.21. The second-order valence-corrected chi connectivity index (χ2v) is 9.35. The average molecular weight is 537 g/mol. The smallest absolute Gasteiger partial charge is 0.339 e. The first-order chi connectivity index (χ1) is 18.4. The number of aromatic nitrogens is 3. The molecule has 2 aromatic heterocycles. The minimum Gasteiger partial charge on any atom is -0.507 e. The second kappa shape index (κ2) is 10.4. The molecule has 13 heteroatoms.